The molecule has 0 aliphatic rings. The van der Waals surface area contributed by atoms with Crippen molar-refractivity contribution in [3.63, 3.8) is 0 Å². The standard InChI is InChI=1S/C4H3N3O3S/c5-3(8)2-1-11-4(6-2)7(9)10/h1H,(H2,5,8). The molecule has 0 saturated carbocycles. The molecule has 0 aliphatic carbocycles. The van der Waals surface area contributed by atoms with Gasteiger partial charge >= 0.3 is 5.13 Å². The number of primary amides is 1. The van der Waals surface area contributed by atoms with Crippen molar-refractivity contribution in [2.24, 2.45) is 5.73 Å². The number of aromatic nitrogens is 1. The molecule has 0 saturated heterocycles. The average molecular weight is 173 g/mol. The van der Waals surface area contributed by atoms with Gasteiger partial charge in [0.15, 0.2) is 0 Å². The van der Waals surface area contributed by atoms with Crippen LogP contribution in [-0.2, 0) is 0 Å². The van der Waals surface area contributed by atoms with Crippen molar-refractivity contribution in [3.8, 4) is 0 Å². The van der Waals surface area contributed by atoms with Gasteiger partial charge in [0.05, 0.1) is 5.38 Å². The van der Waals surface area contributed by atoms with Crippen molar-refractivity contribution in [2.45, 2.75) is 0 Å². The van der Waals surface area contributed by atoms with Gasteiger partial charge in [-0.3, -0.25) is 4.79 Å². The summed E-state index contributed by atoms with van der Waals surface area (Å²) in [6.45, 7) is 0. The highest BCUT2D eigenvalue weighted by Crippen LogP contribution is 2.16. The lowest BCUT2D eigenvalue weighted by Gasteiger charge is -1.81. The van der Waals surface area contributed by atoms with Gasteiger partial charge < -0.3 is 15.8 Å². The Morgan fingerprint density at radius 2 is 2.45 bits per heavy atom. The van der Waals surface area contributed by atoms with E-state index in [2.05, 4.69) is 4.98 Å². The summed E-state index contributed by atoms with van der Waals surface area (Å²) in [5.74, 6) is -0.755. The molecule has 0 fully saturated rings. The van der Waals surface area contributed by atoms with Gasteiger partial charge in [0, 0.05) is 0 Å². The second kappa shape index (κ2) is 2.62. The van der Waals surface area contributed by atoms with Crippen molar-refractivity contribution in [1.29, 1.82) is 0 Å². The minimum absolute atomic E-state index is 0.0679. The van der Waals surface area contributed by atoms with Crippen molar-refractivity contribution in [2.75, 3.05) is 0 Å². The van der Waals surface area contributed by atoms with Gasteiger partial charge in [-0.1, -0.05) is 0 Å². The summed E-state index contributed by atoms with van der Waals surface area (Å²) in [5.41, 5.74) is 4.74. The van der Waals surface area contributed by atoms with Crippen molar-refractivity contribution < 1.29 is 9.72 Å². The van der Waals surface area contributed by atoms with E-state index in [0.29, 0.717) is 0 Å². The number of nitrogens with zero attached hydrogens (tertiary/aromatic N) is 2. The lowest BCUT2D eigenvalue weighted by Crippen LogP contribution is -2.11. The summed E-state index contributed by atoms with van der Waals surface area (Å²) in [4.78, 5) is 23.1. The second-order valence-electron chi connectivity index (χ2n) is 1.64. The van der Waals surface area contributed by atoms with Gasteiger partial charge in [0.2, 0.25) is 0 Å². The topological polar surface area (TPSA) is 99.1 Å². The smallest absolute Gasteiger partial charge is 0.362 e. The molecule has 58 valence electrons. The monoisotopic (exact) mass is 173 g/mol. The number of carbonyl (C=O) groups is 1. The van der Waals surface area contributed by atoms with Gasteiger partial charge in [-0.25, -0.2) is 0 Å². The first-order valence-corrected chi connectivity index (χ1v) is 3.39. The van der Waals surface area contributed by atoms with E-state index >= 15 is 0 Å². The van der Waals surface area contributed by atoms with Crippen LogP contribution in [0.25, 0.3) is 0 Å². The summed E-state index contributed by atoms with van der Waals surface area (Å²) in [6.07, 6.45) is 0. The molecular formula is C4H3N3O3S. The molecule has 0 bridgehead atoms. The molecule has 0 radical (unpaired) electrons. The fraction of sp³-hybridized carbons (Fsp3) is 0. The van der Waals surface area contributed by atoms with E-state index in [1.165, 1.54) is 5.38 Å². The first kappa shape index (κ1) is 7.61. The Labute approximate surface area is 64.8 Å². The van der Waals surface area contributed by atoms with E-state index in [1.54, 1.807) is 0 Å². The van der Waals surface area contributed by atoms with Crippen LogP contribution in [0.3, 0.4) is 0 Å². The molecule has 0 spiro atoms. The van der Waals surface area contributed by atoms with E-state index in [1.807, 2.05) is 0 Å². The zero-order valence-electron chi connectivity index (χ0n) is 5.18. The van der Waals surface area contributed by atoms with Crippen molar-refractivity contribution >= 4 is 22.4 Å². The fourth-order valence-corrected chi connectivity index (χ4v) is 1.08. The highest BCUT2D eigenvalue weighted by molar-refractivity contribution is 7.13. The summed E-state index contributed by atoms with van der Waals surface area (Å²) in [5, 5.41) is 11.0. The Morgan fingerprint density at radius 1 is 1.82 bits per heavy atom. The van der Waals surface area contributed by atoms with Crippen LogP contribution in [0.5, 0.6) is 0 Å². The molecular weight excluding hydrogens is 170 g/mol. The van der Waals surface area contributed by atoms with Gasteiger partial charge in [0.1, 0.15) is 0 Å². The maximum atomic E-state index is 10.4. The van der Waals surface area contributed by atoms with E-state index in [-0.39, 0.29) is 10.8 Å². The summed E-state index contributed by atoms with van der Waals surface area (Å²) in [6, 6.07) is 0. The van der Waals surface area contributed by atoms with Crippen LogP contribution in [0.15, 0.2) is 5.38 Å². The Balaban J connectivity index is 2.99. The van der Waals surface area contributed by atoms with Crippen molar-refractivity contribution in [3.05, 3.63) is 21.2 Å². The number of amides is 1. The number of rotatable bonds is 2. The van der Waals surface area contributed by atoms with Gasteiger partial charge in [-0.2, -0.15) is 0 Å². The first-order valence-electron chi connectivity index (χ1n) is 2.51. The Hall–Kier alpha value is -1.50. The predicted octanol–water partition coefficient (Wildman–Crippen LogP) is 0.150. The van der Waals surface area contributed by atoms with Crippen LogP contribution < -0.4 is 5.73 Å². The van der Waals surface area contributed by atoms with E-state index in [0.717, 1.165) is 11.3 Å². The molecule has 0 aliphatic heterocycles. The van der Waals surface area contributed by atoms with Crippen LogP contribution in [0.1, 0.15) is 10.5 Å². The Kier molecular flexibility index (Phi) is 1.81. The maximum Gasteiger partial charge on any atom is 0.424 e. The molecule has 7 heteroatoms. The summed E-state index contributed by atoms with van der Waals surface area (Å²) < 4.78 is 0. The van der Waals surface area contributed by atoms with E-state index in [4.69, 9.17) is 5.73 Å². The Morgan fingerprint density at radius 3 is 2.73 bits per heavy atom. The molecule has 0 unspecified atom stereocenters. The molecule has 2 N–H and O–H groups in total. The highest BCUT2D eigenvalue weighted by Gasteiger charge is 2.17. The third-order valence-corrected chi connectivity index (χ3v) is 1.69. The lowest BCUT2D eigenvalue weighted by molar-refractivity contribution is -0.384. The van der Waals surface area contributed by atoms with E-state index < -0.39 is 10.8 Å². The summed E-state index contributed by atoms with van der Waals surface area (Å²) in [7, 11) is 0. The molecule has 6 nitrogen and oxygen atoms in total. The summed E-state index contributed by atoms with van der Waals surface area (Å²) >= 11 is 0.775. The van der Waals surface area contributed by atoms with Gasteiger partial charge in [-0.15, -0.1) is 0 Å². The third-order valence-electron chi connectivity index (χ3n) is 0.901. The molecule has 1 amide bonds. The minimum Gasteiger partial charge on any atom is -0.362 e. The highest BCUT2D eigenvalue weighted by atomic mass is 32.1. The van der Waals surface area contributed by atoms with Gasteiger partial charge in [-0.05, 0) is 21.2 Å². The predicted molar refractivity (Wildman–Crippen MR) is 37.3 cm³/mol. The molecule has 1 aromatic rings. The SMILES string of the molecule is NC(=O)c1csc([N+](=O)[O-])n1. The first-order chi connectivity index (χ1) is 5.11. The minimum atomic E-state index is -0.755. The average Bonchev–Trinajstić information content (AvgIpc) is 2.33. The number of carbonyl (C=O) groups excluding carboxylic acids is 1. The largest absolute Gasteiger partial charge is 0.424 e. The van der Waals surface area contributed by atoms with Crippen LogP contribution in [-0.4, -0.2) is 15.8 Å². The normalized spacial score (nSPS) is 9.45. The molecule has 11 heavy (non-hydrogen) atoms. The maximum absolute atomic E-state index is 10.4. The fourth-order valence-electron chi connectivity index (χ4n) is 0.461. The lowest BCUT2D eigenvalue weighted by atomic mass is 10.5. The quantitative estimate of drug-likeness (QED) is 0.508. The number of thiazole rings is 1. The molecule has 1 aromatic heterocycles. The zero-order chi connectivity index (χ0) is 8.43. The Bertz CT molecular complexity index is 279. The second-order valence-corrected chi connectivity index (χ2v) is 2.47. The van der Waals surface area contributed by atoms with Gasteiger partial charge in [0.25, 0.3) is 11.6 Å². The molecule has 0 atom stereocenters. The van der Waals surface area contributed by atoms with Crippen molar-refractivity contribution in [1.82, 2.24) is 4.98 Å². The van der Waals surface area contributed by atoms with Crippen LogP contribution >= 0.6 is 11.3 Å². The molecule has 1 rings (SSSR count). The van der Waals surface area contributed by atoms with Crippen LogP contribution in [0, 0.1) is 10.1 Å². The third kappa shape index (κ3) is 1.49. The number of hydrogen-bond donors (Lipinski definition) is 1. The van der Waals surface area contributed by atoms with E-state index in [9.17, 15) is 14.9 Å². The number of nitro groups is 1. The molecule has 1 heterocycles. The number of nitrogens with two attached hydrogens (primary N) is 1. The van der Waals surface area contributed by atoms with Crippen LogP contribution in [0.2, 0.25) is 0 Å². The van der Waals surface area contributed by atoms with Crippen LogP contribution in [0.4, 0.5) is 5.13 Å². The number of hydrogen-bond acceptors (Lipinski definition) is 5. The zero-order valence-corrected chi connectivity index (χ0v) is 6.00. The molecule has 0 aromatic carbocycles.